The van der Waals surface area contributed by atoms with Gasteiger partial charge in [0.05, 0.1) is 0 Å². The predicted molar refractivity (Wildman–Crippen MR) is 77.1 cm³/mol. The molecular formula is C13H26N2O2Si. The first kappa shape index (κ1) is 15.2. The molecule has 0 aliphatic carbocycles. The standard InChI is InChI=1S/C13H26N2O2Si/c1-12(2,3)18(6,7)16-9-13(4,5)10-8-11(14)15-17-10/h8H,9H2,1-7H3,(H2,14,15). The first-order chi connectivity index (χ1) is 7.96. The van der Waals surface area contributed by atoms with Gasteiger partial charge in [0, 0.05) is 18.1 Å². The third-order valence-electron chi connectivity index (χ3n) is 3.80. The van der Waals surface area contributed by atoms with Crippen molar-refractivity contribution in [3.05, 3.63) is 11.8 Å². The Morgan fingerprint density at radius 2 is 1.83 bits per heavy atom. The van der Waals surface area contributed by atoms with Crippen LogP contribution >= 0.6 is 0 Å². The first-order valence-electron chi connectivity index (χ1n) is 6.32. The minimum absolute atomic E-state index is 0.208. The molecule has 1 heterocycles. The molecule has 0 fully saturated rings. The fourth-order valence-electron chi connectivity index (χ4n) is 1.26. The number of rotatable bonds is 4. The largest absolute Gasteiger partial charge is 0.416 e. The van der Waals surface area contributed by atoms with Crippen molar-refractivity contribution in [1.29, 1.82) is 0 Å². The van der Waals surface area contributed by atoms with Gasteiger partial charge in [0.1, 0.15) is 5.76 Å². The summed E-state index contributed by atoms with van der Waals surface area (Å²) < 4.78 is 11.5. The van der Waals surface area contributed by atoms with Crippen molar-refractivity contribution in [2.24, 2.45) is 0 Å². The zero-order chi connectivity index (χ0) is 14.2. The van der Waals surface area contributed by atoms with Gasteiger partial charge < -0.3 is 14.7 Å². The number of nitrogens with two attached hydrogens (primary N) is 1. The molecule has 104 valence electrons. The molecule has 0 atom stereocenters. The lowest BCUT2D eigenvalue weighted by molar-refractivity contribution is 0.190. The third-order valence-corrected chi connectivity index (χ3v) is 8.27. The smallest absolute Gasteiger partial charge is 0.192 e. The first-order valence-corrected chi connectivity index (χ1v) is 9.23. The number of anilines is 1. The van der Waals surface area contributed by atoms with Crippen molar-refractivity contribution in [1.82, 2.24) is 5.16 Å². The average molecular weight is 270 g/mol. The lowest BCUT2D eigenvalue weighted by atomic mass is 9.92. The van der Waals surface area contributed by atoms with E-state index >= 15 is 0 Å². The quantitative estimate of drug-likeness (QED) is 0.850. The second kappa shape index (κ2) is 4.70. The maximum atomic E-state index is 6.23. The predicted octanol–water partition coefficient (Wildman–Crippen LogP) is 3.56. The summed E-state index contributed by atoms with van der Waals surface area (Å²) in [6, 6.07) is 1.77. The van der Waals surface area contributed by atoms with E-state index in [0.717, 1.165) is 5.76 Å². The summed E-state index contributed by atoms with van der Waals surface area (Å²) in [5, 5.41) is 3.95. The van der Waals surface area contributed by atoms with Crippen LogP contribution in [0.4, 0.5) is 5.82 Å². The Bertz CT molecular complexity index is 405. The monoisotopic (exact) mass is 270 g/mol. The van der Waals surface area contributed by atoms with Gasteiger partial charge in [-0.05, 0) is 18.1 Å². The van der Waals surface area contributed by atoms with Gasteiger partial charge in [-0.25, -0.2) is 0 Å². The molecule has 0 amide bonds. The van der Waals surface area contributed by atoms with Crippen LogP contribution in [0.1, 0.15) is 40.4 Å². The Morgan fingerprint density at radius 1 is 1.28 bits per heavy atom. The number of nitrogen functional groups attached to an aromatic ring is 1. The Hall–Kier alpha value is -0.813. The molecule has 0 aliphatic rings. The topological polar surface area (TPSA) is 61.3 Å². The van der Waals surface area contributed by atoms with Crippen molar-refractivity contribution in [3.8, 4) is 0 Å². The van der Waals surface area contributed by atoms with Crippen LogP contribution in [-0.4, -0.2) is 20.1 Å². The molecular weight excluding hydrogens is 244 g/mol. The van der Waals surface area contributed by atoms with Crippen LogP contribution in [0.5, 0.6) is 0 Å². The van der Waals surface area contributed by atoms with Gasteiger partial charge in [-0.3, -0.25) is 0 Å². The molecule has 5 heteroatoms. The number of aromatic nitrogens is 1. The third kappa shape index (κ3) is 3.35. The van der Waals surface area contributed by atoms with Crippen LogP contribution < -0.4 is 5.73 Å². The van der Waals surface area contributed by atoms with Crippen molar-refractivity contribution >= 4 is 14.1 Å². The van der Waals surface area contributed by atoms with E-state index in [4.69, 9.17) is 14.7 Å². The molecule has 18 heavy (non-hydrogen) atoms. The second-order valence-corrected chi connectivity index (χ2v) is 11.9. The van der Waals surface area contributed by atoms with Gasteiger partial charge in [-0.2, -0.15) is 0 Å². The van der Waals surface area contributed by atoms with E-state index in [-0.39, 0.29) is 10.5 Å². The highest BCUT2D eigenvalue weighted by atomic mass is 28.4. The summed E-state index contributed by atoms with van der Waals surface area (Å²) in [4.78, 5) is 0. The molecule has 4 nitrogen and oxygen atoms in total. The van der Waals surface area contributed by atoms with Gasteiger partial charge in [0.2, 0.25) is 0 Å². The van der Waals surface area contributed by atoms with Gasteiger partial charge in [0.15, 0.2) is 14.1 Å². The van der Waals surface area contributed by atoms with E-state index in [9.17, 15) is 0 Å². The summed E-state index contributed by atoms with van der Waals surface area (Å²) in [6.07, 6.45) is 0. The van der Waals surface area contributed by atoms with Gasteiger partial charge in [0.25, 0.3) is 0 Å². The second-order valence-electron chi connectivity index (χ2n) is 7.05. The Morgan fingerprint density at radius 3 is 2.22 bits per heavy atom. The molecule has 0 aromatic carbocycles. The fraction of sp³-hybridized carbons (Fsp3) is 0.769. The van der Waals surface area contributed by atoms with Gasteiger partial charge in [-0.15, -0.1) is 0 Å². The molecule has 0 spiro atoms. The Balaban J connectivity index is 2.74. The Kier molecular flexibility index (Phi) is 3.98. The number of hydrogen-bond acceptors (Lipinski definition) is 4. The van der Waals surface area contributed by atoms with Crippen molar-refractivity contribution in [3.63, 3.8) is 0 Å². The van der Waals surface area contributed by atoms with Crippen molar-refractivity contribution < 1.29 is 8.95 Å². The van der Waals surface area contributed by atoms with Crippen LogP contribution in [0, 0.1) is 0 Å². The van der Waals surface area contributed by atoms with E-state index in [1.165, 1.54) is 0 Å². The molecule has 1 rings (SSSR count). The minimum Gasteiger partial charge on any atom is -0.416 e. The number of nitrogens with zero attached hydrogens (tertiary/aromatic N) is 1. The van der Waals surface area contributed by atoms with Crippen molar-refractivity contribution in [2.75, 3.05) is 12.3 Å². The van der Waals surface area contributed by atoms with E-state index in [1.807, 2.05) is 0 Å². The summed E-state index contributed by atoms with van der Waals surface area (Å²) in [5.74, 6) is 1.20. The maximum Gasteiger partial charge on any atom is 0.192 e. The van der Waals surface area contributed by atoms with Gasteiger partial charge >= 0.3 is 0 Å². The van der Waals surface area contributed by atoms with E-state index in [0.29, 0.717) is 12.4 Å². The molecule has 0 bridgehead atoms. The highest BCUT2D eigenvalue weighted by molar-refractivity contribution is 6.74. The molecule has 0 aliphatic heterocycles. The van der Waals surface area contributed by atoms with E-state index in [1.54, 1.807) is 6.07 Å². The zero-order valence-electron chi connectivity index (χ0n) is 12.6. The molecule has 1 aromatic rings. The summed E-state index contributed by atoms with van der Waals surface area (Å²) in [5.41, 5.74) is 5.38. The molecule has 0 saturated carbocycles. The lowest BCUT2D eigenvalue weighted by Crippen LogP contribution is -2.43. The highest BCUT2D eigenvalue weighted by Crippen LogP contribution is 2.38. The molecule has 0 radical (unpaired) electrons. The van der Waals surface area contributed by atoms with Crippen LogP contribution in [0.3, 0.4) is 0 Å². The maximum absolute atomic E-state index is 6.23. The molecule has 1 aromatic heterocycles. The molecule has 0 saturated heterocycles. The van der Waals surface area contributed by atoms with E-state index in [2.05, 4.69) is 52.9 Å². The van der Waals surface area contributed by atoms with Crippen LogP contribution in [0.15, 0.2) is 10.6 Å². The number of hydrogen-bond donors (Lipinski definition) is 1. The van der Waals surface area contributed by atoms with Crippen LogP contribution in [0.2, 0.25) is 18.1 Å². The molecule has 2 N–H and O–H groups in total. The van der Waals surface area contributed by atoms with Crippen LogP contribution in [-0.2, 0) is 9.84 Å². The Labute approximate surface area is 111 Å². The highest BCUT2D eigenvalue weighted by Gasteiger charge is 2.39. The summed E-state index contributed by atoms with van der Waals surface area (Å²) in [6.45, 7) is 16.0. The molecule has 0 unspecified atom stereocenters. The lowest BCUT2D eigenvalue weighted by Gasteiger charge is -2.38. The normalized spacial score (nSPS) is 13.9. The van der Waals surface area contributed by atoms with E-state index < -0.39 is 8.32 Å². The zero-order valence-corrected chi connectivity index (χ0v) is 13.6. The fourth-order valence-corrected chi connectivity index (χ4v) is 2.41. The van der Waals surface area contributed by atoms with Crippen LogP contribution in [0.25, 0.3) is 0 Å². The van der Waals surface area contributed by atoms with Gasteiger partial charge in [-0.1, -0.05) is 39.8 Å². The minimum atomic E-state index is -1.73. The average Bonchev–Trinajstić information content (AvgIpc) is 2.61. The SMILES string of the molecule is CC(C)(CO[Si](C)(C)C(C)(C)C)c1cc(N)no1. The summed E-state index contributed by atoms with van der Waals surface area (Å²) in [7, 11) is -1.73. The van der Waals surface area contributed by atoms with Crippen molar-refractivity contribution in [2.45, 2.75) is 58.2 Å². The summed E-state index contributed by atoms with van der Waals surface area (Å²) >= 11 is 0.